The molecule has 0 saturated heterocycles. The van der Waals surface area contributed by atoms with Crippen LogP contribution < -0.4 is 0 Å². The lowest BCUT2D eigenvalue weighted by Crippen LogP contribution is -2.55. The summed E-state index contributed by atoms with van der Waals surface area (Å²) in [5.41, 5.74) is 0. The molecule has 0 aromatic rings. The molecule has 0 amide bonds. The number of hydrogen-bond donors (Lipinski definition) is 0. The highest BCUT2D eigenvalue weighted by Gasteiger charge is 2.42. The fraction of sp³-hybridized carbons (Fsp3) is 0.636. The Bertz CT molecular complexity index is 221. The van der Waals surface area contributed by atoms with Crippen LogP contribution in [-0.2, 0) is 8.85 Å². The van der Waals surface area contributed by atoms with Gasteiger partial charge in [-0.2, -0.15) is 0 Å². The topological polar surface area (TPSA) is 21.7 Å². The predicted molar refractivity (Wildman–Crippen MR) is 66.3 cm³/mol. The minimum absolute atomic E-state index is 0.692. The average molecular weight is 229 g/mol. The van der Waals surface area contributed by atoms with Gasteiger partial charge in [0, 0.05) is 6.55 Å². The molecule has 88 valence electrons. The predicted octanol–water partition coefficient (Wildman–Crippen LogP) is 3.00. The van der Waals surface area contributed by atoms with E-state index in [2.05, 4.69) is 31.6 Å². The largest absolute Gasteiger partial charge is 0.551 e. The van der Waals surface area contributed by atoms with Gasteiger partial charge in [-0.15, -0.1) is 0 Å². The van der Waals surface area contributed by atoms with E-state index in [1.807, 2.05) is 20.4 Å². The molecule has 0 heterocycles. The lowest BCUT2D eigenvalue weighted by Gasteiger charge is -2.36. The number of allylic oxidation sites excluding steroid dienone is 2. The number of nitrogens with zero attached hydrogens (tertiary/aromatic N) is 1. The van der Waals surface area contributed by atoms with Crippen molar-refractivity contribution in [2.75, 3.05) is 13.1 Å². The molecule has 4 heteroatoms. The second-order valence-corrected chi connectivity index (χ2v) is 6.51. The van der Waals surface area contributed by atoms with Crippen molar-refractivity contribution in [3.05, 3.63) is 24.7 Å². The van der Waals surface area contributed by atoms with Crippen LogP contribution in [-0.4, -0.2) is 26.4 Å². The summed E-state index contributed by atoms with van der Waals surface area (Å²) < 4.78 is 13.8. The van der Waals surface area contributed by atoms with Crippen LogP contribution in [0.1, 0.15) is 27.7 Å². The Morgan fingerprint density at radius 1 is 1.07 bits per heavy atom. The second-order valence-electron chi connectivity index (χ2n) is 3.68. The van der Waals surface area contributed by atoms with Crippen molar-refractivity contribution in [2.45, 2.75) is 34.2 Å². The first-order valence-corrected chi connectivity index (χ1v) is 7.56. The van der Waals surface area contributed by atoms with Crippen LogP contribution in [0.25, 0.3) is 0 Å². The van der Waals surface area contributed by atoms with Crippen LogP contribution in [0.5, 0.6) is 0 Å². The molecule has 0 unspecified atom stereocenters. The molecule has 0 aromatic heterocycles. The van der Waals surface area contributed by atoms with E-state index >= 15 is 0 Å². The van der Waals surface area contributed by atoms with E-state index in [1.165, 1.54) is 0 Å². The molecule has 0 spiro atoms. The normalized spacial score (nSPS) is 11.3. The summed E-state index contributed by atoms with van der Waals surface area (Å²) in [5, 5.41) is 0. The number of rotatable bonds is 7. The summed E-state index contributed by atoms with van der Waals surface area (Å²) >= 11 is 0. The van der Waals surface area contributed by atoms with Gasteiger partial charge in [0.05, 0.1) is 11.5 Å². The Hall–Kier alpha value is -0.743. The minimum Gasteiger partial charge on any atom is -0.506 e. The maximum Gasteiger partial charge on any atom is 0.551 e. The van der Waals surface area contributed by atoms with Gasteiger partial charge in [-0.05, 0) is 26.9 Å². The maximum absolute atomic E-state index is 5.78. The summed E-state index contributed by atoms with van der Waals surface area (Å²) in [6, 6.07) is 0. The molecule has 0 bridgehead atoms. The lowest BCUT2D eigenvalue weighted by atomic mass is 10.7. The summed E-state index contributed by atoms with van der Waals surface area (Å²) in [6.07, 6.45) is 0. The lowest BCUT2D eigenvalue weighted by molar-refractivity contribution is 0.190. The monoisotopic (exact) mass is 229 g/mol. The Balaban J connectivity index is 4.80. The highest BCUT2D eigenvalue weighted by molar-refractivity contribution is 6.63. The van der Waals surface area contributed by atoms with Crippen LogP contribution in [0.3, 0.4) is 0 Å². The van der Waals surface area contributed by atoms with Gasteiger partial charge in [0.2, 0.25) is 0 Å². The molecular weight excluding hydrogens is 206 g/mol. The van der Waals surface area contributed by atoms with Crippen molar-refractivity contribution >= 4 is 8.72 Å². The summed E-state index contributed by atoms with van der Waals surface area (Å²) in [7, 11) is -2.37. The zero-order valence-electron chi connectivity index (χ0n) is 10.6. The van der Waals surface area contributed by atoms with Crippen molar-refractivity contribution in [1.82, 2.24) is 4.57 Å². The summed E-state index contributed by atoms with van der Waals surface area (Å²) in [6.45, 7) is 19.3. The third kappa shape index (κ3) is 4.53. The molecule has 0 fully saturated rings. The van der Waals surface area contributed by atoms with E-state index in [0.717, 1.165) is 13.1 Å². The zero-order chi connectivity index (χ0) is 12.1. The molecule has 0 rings (SSSR count). The molecular formula is C11H23NO2Si. The number of hydrogen-bond acceptors (Lipinski definition) is 3. The fourth-order valence-electron chi connectivity index (χ4n) is 1.59. The molecule has 0 aliphatic rings. The molecule has 0 aliphatic carbocycles. The van der Waals surface area contributed by atoms with Crippen molar-refractivity contribution in [3.8, 4) is 0 Å². The zero-order valence-corrected chi connectivity index (χ0v) is 11.6. The van der Waals surface area contributed by atoms with E-state index in [1.54, 1.807) is 0 Å². The van der Waals surface area contributed by atoms with E-state index in [-0.39, 0.29) is 0 Å². The Kier molecular flexibility index (Phi) is 5.68. The van der Waals surface area contributed by atoms with E-state index < -0.39 is 8.72 Å². The quantitative estimate of drug-likeness (QED) is 0.495. The Morgan fingerprint density at radius 2 is 1.40 bits per heavy atom. The van der Waals surface area contributed by atoms with E-state index in [0.29, 0.717) is 11.5 Å². The highest BCUT2D eigenvalue weighted by Crippen LogP contribution is 2.19. The molecule has 15 heavy (non-hydrogen) atoms. The van der Waals surface area contributed by atoms with Crippen LogP contribution in [0.2, 0.25) is 6.55 Å². The van der Waals surface area contributed by atoms with Gasteiger partial charge in [-0.25, -0.2) is 0 Å². The molecule has 0 radical (unpaired) electrons. The third-order valence-corrected chi connectivity index (χ3v) is 5.30. The van der Waals surface area contributed by atoms with Gasteiger partial charge in [0.1, 0.15) is 0 Å². The van der Waals surface area contributed by atoms with Crippen molar-refractivity contribution in [3.63, 3.8) is 0 Å². The maximum atomic E-state index is 5.78. The van der Waals surface area contributed by atoms with Crippen molar-refractivity contribution in [2.24, 2.45) is 0 Å². The van der Waals surface area contributed by atoms with Crippen LogP contribution in [0.15, 0.2) is 24.7 Å². The molecule has 0 saturated carbocycles. The standard InChI is InChI=1S/C11H23NO2Si/c1-8-12(9-2)15(7,13-10(3)4)14-11(5)6/h3,5,8-9H2,1-2,4,6-7H3. The third-order valence-electron chi connectivity index (χ3n) is 2.07. The molecule has 0 aromatic carbocycles. The van der Waals surface area contributed by atoms with E-state index in [9.17, 15) is 0 Å². The SMILES string of the molecule is C=C(C)O[Si](C)(OC(=C)C)N(CC)CC. The van der Waals surface area contributed by atoms with Gasteiger partial charge >= 0.3 is 8.72 Å². The van der Waals surface area contributed by atoms with Crippen LogP contribution in [0.4, 0.5) is 0 Å². The molecule has 0 aliphatic heterocycles. The average Bonchev–Trinajstić information content (AvgIpc) is 2.01. The first-order chi connectivity index (χ1) is 6.85. The summed E-state index contributed by atoms with van der Waals surface area (Å²) in [5.74, 6) is 1.38. The van der Waals surface area contributed by atoms with Gasteiger partial charge in [-0.3, -0.25) is 4.57 Å². The molecule has 0 N–H and O–H groups in total. The van der Waals surface area contributed by atoms with E-state index in [4.69, 9.17) is 8.85 Å². The smallest absolute Gasteiger partial charge is 0.506 e. The fourth-order valence-corrected chi connectivity index (χ4v) is 4.34. The molecule has 3 nitrogen and oxygen atoms in total. The summed E-state index contributed by atoms with van der Waals surface area (Å²) in [4.78, 5) is 0. The Morgan fingerprint density at radius 3 is 1.60 bits per heavy atom. The van der Waals surface area contributed by atoms with Gasteiger partial charge < -0.3 is 8.85 Å². The Labute approximate surface area is 94.7 Å². The first kappa shape index (κ1) is 14.3. The van der Waals surface area contributed by atoms with Crippen molar-refractivity contribution in [1.29, 1.82) is 0 Å². The second kappa shape index (κ2) is 5.98. The van der Waals surface area contributed by atoms with Crippen LogP contribution >= 0.6 is 0 Å². The minimum atomic E-state index is -2.37. The van der Waals surface area contributed by atoms with Gasteiger partial charge in [-0.1, -0.05) is 27.0 Å². The van der Waals surface area contributed by atoms with Gasteiger partial charge in [0.15, 0.2) is 0 Å². The van der Waals surface area contributed by atoms with Gasteiger partial charge in [0.25, 0.3) is 0 Å². The van der Waals surface area contributed by atoms with Crippen molar-refractivity contribution < 1.29 is 8.85 Å². The van der Waals surface area contributed by atoms with Crippen LogP contribution in [0, 0.1) is 0 Å². The molecule has 0 atom stereocenters. The first-order valence-electron chi connectivity index (χ1n) is 5.29. The highest BCUT2D eigenvalue weighted by atomic mass is 28.4.